The summed E-state index contributed by atoms with van der Waals surface area (Å²) in [5, 5.41) is 8.95. The molecule has 2 unspecified atom stereocenters. The molecule has 0 saturated carbocycles. The number of fused-ring (bicyclic) bond motifs is 1. The normalized spacial score (nSPS) is 20.9. The third kappa shape index (κ3) is 2.41. The van der Waals surface area contributed by atoms with Gasteiger partial charge in [0.25, 0.3) is 0 Å². The summed E-state index contributed by atoms with van der Waals surface area (Å²) in [6.45, 7) is 1.89. The number of carboxylic acids is 1. The summed E-state index contributed by atoms with van der Waals surface area (Å²) in [7, 11) is 3.15. The molecule has 1 N–H and O–H groups in total. The molecule has 2 rings (SSSR count). The highest BCUT2D eigenvalue weighted by Gasteiger charge is 2.34. The Balaban J connectivity index is 2.44. The Morgan fingerprint density at radius 2 is 2.15 bits per heavy atom. The zero-order chi connectivity index (χ0) is 14.9. The largest absolute Gasteiger partial charge is 0.485 e. The van der Waals surface area contributed by atoms with Crippen molar-refractivity contribution in [2.45, 2.75) is 25.5 Å². The standard InChI is InChI=1S/C14H17NO5/c1-8-11(7-12(16)17)20-13-9(14(18)19-3)5-4-6-10(13)15(8)2/h4-6,8,11H,7H2,1-3H3,(H,16,17). The molecule has 1 aliphatic rings. The molecule has 0 amide bonds. The van der Waals surface area contributed by atoms with Gasteiger partial charge in [0.15, 0.2) is 5.75 Å². The fourth-order valence-corrected chi connectivity index (χ4v) is 2.30. The summed E-state index contributed by atoms with van der Waals surface area (Å²) in [6, 6.07) is 5.07. The van der Waals surface area contributed by atoms with Gasteiger partial charge in [0.2, 0.25) is 0 Å². The second-order valence-corrected chi connectivity index (χ2v) is 4.75. The number of likely N-dealkylation sites (N-methyl/N-ethyl adjacent to an activating group) is 1. The van der Waals surface area contributed by atoms with E-state index in [2.05, 4.69) is 0 Å². The third-order valence-corrected chi connectivity index (χ3v) is 3.57. The van der Waals surface area contributed by atoms with Crippen molar-refractivity contribution in [3.05, 3.63) is 23.8 Å². The van der Waals surface area contributed by atoms with E-state index in [9.17, 15) is 9.59 Å². The van der Waals surface area contributed by atoms with Crippen LogP contribution in [-0.2, 0) is 9.53 Å². The summed E-state index contributed by atoms with van der Waals surface area (Å²) in [4.78, 5) is 24.6. The van der Waals surface area contributed by atoms with Crippen LogP contribution in [0.25, 0.3) is 0 Å². The molecule has 0 spiro atoms. The molecule has 0 radical (unpaired) electrons. The number of methoxy groups -OCH3 is 1. The number of benzene rings is 1. The maximum atomic E-state index is 11.8. The second-order valence-electron chi connectivity index (χ2n) is 4.75. The van der Waals surface area contributed by atoms with Crippen molar-refractivity contribution < 1.29 is 24.2 Å². The van der Waals surface area contributed by atoms with Crippen LogP contribution in [0.4, 0.5) is 5.69 Å². The summed E-state index contributed by atoms with van der Waals surface area (Å²) >= 11 is 0. The monoisotopic (exact) mass is 279 g/mol. The Kier molecular flexibility index (Phi) is 3.83. The minimum atomic E-state index is -0.936. The lowest BCUT2D eigenvalue weighted by molar-refractivity contribution is -0.139. The van der Waals surface area contributed by atoms with E-state index in [1.165, 1.54) is 7.11 Å². The SMILES string of the molecule is COC(=O)c1cccc2c1OC(CC(=O)O)C(C)N2C. The van der Waals surface area contributed by atoms with E-state index < -0.39 is 18.0 Å². The highest BCUT2D eigenvalue weighted by Crippen LogP contribution is 2.39. The minimum absolute atomic E-state index is 0.105. The summed E-state index contributed by atoms with van der Waals surface area (Å²) in [6.07, 6.45) is -0.642. The van der Waals surface area contributed by atoms with Gasteiger partial charge in [-0.3, -0.25) is 4.79 Å². The third-order valence-electron chi connectivity index (χ3n) is 3.57. The van der Waals surface area contributed by atoms with Gasteiger partial charge < -0.3 is 19.5 Å². The predicted octanol–water partition coefficient (Wildman–Crippen LogP) is 1.53. The predicted molar refractivity (Wildman–Crippen MR) is 72.3 cm³/mol. The Bertz CT molecular complexity index is 542. The number of carboxylic acid groups (broad SMARTS) is 1. The Hall–Kier alpha value is -2.24. The number of esters is 1. The first-order valence-corrected chi connectivity index (χ1v) is 6.28. The zero-order valence-electron chi connectivity index (χ0n) is 11.6. The second kappa shape index (κ2) is 5.40. The molecule has 1 aliphatic heterocycles. The average molecular weight is 279 g/mol. The first-order chi connectivity index (χ1) is 9.45. The van der Waals surface area contributed by atoms with E-state index in [1.54, 1.807) is 12.1 Å². The van der Waals surface area contributed by atoms with Gasteiger partial charge in [0.1, 0.15) is 11.7 Å². The van der Waals surface area contributed by atoms with Crippen molar-refractivity contribution >= 4 is 17.6 Å². The molecular weight excluding hydrogens is 262 g/mol. The van der Waals surface area contributed by atoms with Crippen molar-refractivity contribution in [1.29, 1.82) is 0 Å². The molecule has 1 aromatic carbocycles. The first kappa shape index (κ1) is 14.2. The lowest BCUT2D eigenvalue weighted by Crippen LogP contribution is -2.47. The number of carbonyl (C=O) groups excluding carboxylic acids is 1. The van der Waals surface area contributed by atoms with Gasteiger partial charge in [-0.2, -0.15) is 0 Å². The van der Waals surface area contributed by atoms with Crippen molar-refractivity contribution in [2.24, 2.45) is 0 Å². The number of para-hydroxylation sites is 1. The Labute approximate surface area is 116 Å². The van der Waals surface area contributed by atoms with Crippen molar-refractivity contribution in [3.8, 4) is 5.75 Å². The topological polar surface area (TPSA) is 76.1 Å². The minimum Gasteiger partial charge on any atom is -0.485 e. The molecule has 2 atom stereocenters. The molecule has 0 aromatic heterocycles. The number of hydrogen-bond donors (Lipinski definition) is 1. The van der Waals surface area contributed by atoms with Gasteiger partial charge in [-0.25, -0.2) is 4.79 Å². The highest BCUT2D eigenvalue weighted by atomic mass is 16.5. The van der Waals surface area contributed by atoms with Gasteiger partial charge >= 0.3 is 11.9 Å². The van der Waals surface area contributed by atoms with E-state index in [1.807, 2.05) is 24.9 Å². The lowest BCUT2D eigenvalue weighted by Gasteiger charge is -2.39. The number of anilines is 1. The number of aliphatic carboxylic acids is 1. The van der Waals surface area contributed by atoms with Crippen LogP contribution < -0.4 is 9.64 Å². The van der Waals surface area contributed by atoms with E-state index in [-0.39, 0.29) is 12.5 Å². The molecule has 6 heteroatoms. The van der Waals surface area contributed by atoms with Gasteiger partial charge in [0.05, 0.1) is 25.3 Å². The van der Waals surface area contributed by atoms with Crippen LogP contribution in [-0.4, -0.2) is 43.3 Å². The molecule has 0 bridgehead atoms. The number of nitrogens with zero attached hydrogens (tertiary/aromatic N) is 1. The van der Waals surface area contributed by atoms with Crippen LogP contribution in [0.15, 0.2) is 18.2 Å². The van der Waals surface area contributed by atoms with Crippen LogP contribution in [0, 0.1) is 0 Å². The maximum Gasteiger partial charge on any atom is 0.341 e. The molecule has 1 heterocycles. The summed E-state index contributed by atoms with van der Waals surface area (Å²) in [5.74, 6) is -1.06. The van der Waals surface area contributed by atoms with E-state index >= 15 is 0 Å². The molecule has 0 saturated heterocycles. The van der Waals surface area contributed by atoms with Crippen LogP contribution in [0.1, 0.15) is 23.7 Å². The molecule has 0 aliphatic carbocycles. The molecule has 0 fully saturated rings. The summed E-state index contributed by atoms with van der Waals surface area (Å²) in [5.41, 5.74) is 1.06. The van der Waals surface area contributed by atoms with Gasteiger partial charge in [-0.1, -0.05) is 6.07 Å². The molecule has 1 aromatic rings. The van der Waals surface area contributed by atoms with Crippen LogP contribution in [0.3, 0.4) is 0 Å². The lowest BCUT2D eigenvalue weighted by atomic mass is 10.0. The smallest absolute Gasteiger partial charge is 0.341 e. The van der Waals surface area contributed by atoms with Gasteiger partial charge in [-0.15, -0.1) is 0 Å². The van der Waals surface area contributed by atoms with Crippen molar-refractivity contribution in [3.63, 3.8) is 0 Å². The number of ether oxygens (including phenoxy) is 2. The highest BCUT2D eigenvalue weighted by molar-refractivity contribution is 5.95. The fraction of sp³-hybridized carbons (Fsp3) is 0.429. The van der Waals surface area contributed by atoms with Crippen molar-refractivity contribution in [2.75, 3.05) is 19.1 Å². The average Bonchev–Trinajstić information content (AvgIpc) is 2.42. The Morgan fingerprint density at radius 3 is 2.75 bits per heavy atom. The summed E-state index contributed by atoms with van der Waals surface area (Å²) < 4.78 is 10.5. The molecule has 20 heavy (non-hydrogen) atoms. The van der Waals surface area contributed by atoms with Gasteiger partial charge in [0, 0.05) is 7.05 Å². The van der Waals surface area contributed by atoms with E-state index in [0.29, 0.717) is 11.3 Å². The number of hydrogen-bond acceptors (Lipinski definition) is 5. The maximum absolute atomic E-state index is 11.8. The number of carbonyl (C=O) groups is 2. The van der Waals surface area contributed by atoms with E-state index in [4.69, 9.17) is 14.6 Å². The van der Waals surface area contributed by atoms with Crippen LogP contribution in [0.5, 0.6) is 5.75 Å². The van der Waals surface area contributed by atoms with Crippen molar-refractivity contribution in [1.82, 2.24) is 0 Å². The first-order valence-electron chi connectivity index (χ1n) is 6.28. The quantitative estimate of drug-likeness (QED) is 0.846. The fourth-order valence-electron chi connectivity index (χ4n) is 2.30. The number of rotatable bonds is 3. The van der Waals surface area contributed by atoms with Crippen LogP contribution >= 0.6 is 0 Å². The molecular formula is C14H17NO5. The zero-order valence-corrected chi connectivity index (χ0v) is 11.6. The van der Waals surface area contributed by atoms with Gasteiger partial charge in [-0.05, 0) is 19.1 Å². The molecule has 6 nitrogen and oxygen atoms in total. The Morgan fingerprint density at radius 1 is 1.45 bits per heavy atom. The van der Waals surface area contributed by atoms with E-state index in [0.717, 1.165) is 5.69 Å². The van der Waals surface area contributed by atoms with Crippen LogP contribution in [0.2, 0.25) is 0 Å². The molecule has 108 valence electrons.